The molecule has 1 aromatic rings. The van der Waals surface area contributed by atoms with Crippen LogP contribution in [0.2, 0.25) is 0 Å². The molecule has 3 N–H and O–H groups in total. The number of hydrogen-bond donors (Lipinski definition) is 3. The molecule has 1 rings (SSSR count). The maximum Gasteiger partial charge on any atom is 0.224 e. The molecule has 1 atom stereocenters. The average molecular weight is 237 g/mol. The van der Waals surface area contributed by atoms with Crippen LogP contribution in [0, 0.1) is 0 Å². The van der Waals surface area contributed by atoms with E-state index in [0.29, 0.717) is 12.8 Å². The summed E-state index contributed by atoms with van der Waals surface area (Å²) >= 11 is 0. The molecule has 0 aromatic heterocycles. The van der Waals surface area contributed by atoms with Crippen LogP contribution in [0.5, 0.6) is 5.75 Å². The number of phenolic OH excluding ortho intramolecular Hbond substituents is 1. The summed E-state index contributed by atoms with van der Waals surface area (Å²) in [7, 11) is 0. The number of phenols is 1. The third-order valence-corrected chi connectivity index (χ3v) is 2.64. The predicted octanol–water partition coefficient (Wildman–Crippen LogP) is 1.21. The van der Waals surface area contributed by atoms with Crippen molar-refractivity contribution in [1.82, 2.24) is 5.32 Å². The molecule has 1 aromatic carbocycles. The van der Waals surface area contributed by atoms with E-state index in [9.17, 15) is 4.79 Å². The monoisotopic (exact) mass is 237 g/mol. The van der Waals surface area contributed by atoms with Crippen LogP contribution >= 0.6 is 0 Å². The van der Waals surface area contributed by atoms with Crippen LogP contribution in [-0.4, -0.2) is 28.8 Å². The summed E-state index contributed by atoms with van der Waals surface area (Å²) < 4.78 is 0. The summed E-state index contributed by atoms with van der Waals surface area (Å²) in [5.41, 5.74) is 0.860. The highest BCUT2D eigenvalue weighted by atomic mass is 16.3. The summed E-state index contributed by atoms with van der Waals surface area (Å²) in [6.07, 6.45) is 1.68. The Morgan fingerprint density at radius 3 is 2.53 bits per heavy atom. The van der Waals surface area contributed by atoms with Gasteiger partial charge in [-0.15, -0.1) is 0 Å². The molecule has 1 unspecified atom stereocenters. The van der Waals surface area contributed by atoms with Gasteiger partial charge in [-0.05, 0) is 30.5 Å². The second-order valence-electron chi connectivity index (χ2n) is 4.03. The molecule has 0 aliphatic heterocycles. The minimum atomic E-state index is -0.0593. The fraction of sp³-hybridized carbons (Fsp3) is 0.462. The van der Waals surface area contributed by atoms with E-state index in [1.54, 1.807) is 24.3 Å². The number of nitrogens with one attached hydrogen (secondary N) is 1. The van der Waals surface area contributed by atoms with E-state index in [2.05, 4.69) is 5.32 Å². The first-order chi connectivity index (χ1) is 8.15. The van der Waals surface area contributed by atoms with E-state index in [1.165, 1.54) is 0 Å². The molecule has 4 heteroatoms. The number of carbonyl (C=O) groups excluding carboxylic acids is 1. The first-order valence-corrected chi connectivity index (χ1v) is 5.83. The zero-order valence-corrected chi connectivity index (χ0v) is 10.0. The van der Waals surface area contributed by atoms with Crippen molar-refractivity contribution in [3.8, 4) is 5.75 Å². The van der Waals surface area contributed by atoms with Gasteiger partial charge in [0.1, 0.15) is 5.75 Å². The topological polar surface area (TPSA) is 69.6 Å². The molecule has 0 aliphatic carbocycles. The Hall–Kier alpha value is -1.55. The second kappa shape index (κ2) is 6.91. The quantitative estimate of drug-likeness (QED) is 0.696. The molecule has 0 aliphatic rings. The van der Waals surface area contributed by atoms with Gasteiger partial charge in [0.2, 0.25) is 5.91 Å². The van der Waals surface area contributed by atoms with Crippen LogP contribution in [0.4, 0.5) is 0 Å². The van der Waals surface area contributed by atoms with Gasteiger partial charge in [0, 0.05) is 12.6 Å². The first kappa shape index (κ1) is 13.5. The highest BCUT2D eigenvalue weighted by Crippen LogP contribution is 2.10. The van der Waals surface area contributed by atoms with Gasteiger partial charge >= 0.3 is 0 Å². The Kier molecular flexibility index (Phi) is 5.49. The van der Waals surface area contributed by atoms with E-state index in [-0.39, 0.29) is 24.3 Å². The number of amides is 1. The van der Waals surface area contributed by atoms with Gasteiger partial charge < -0.3 is 15.5 Å². The van der Waals surface area contributed by atoms with Crippen LogP contribution in [-0.2, 0) is 11.2 Å². The maximum atomic E-state index is 11.7. The van der Waals surface area contributed by atoms with E-state index in [0.717, 1.165) is 12.0 Å². The van der Waals surface area contributed by atoms with Crippen molar-refractivity contribution in [3.63, 3.8) is 0 Å². The Morgan fingerprint density at radius 2 is 2.00 bits per heavy atom. The summed E-state index contributed by atoms with van der Waals surface area (Å²) in [4.78, 5) is 11.7. The fourth-order valence-electron chi connectivity index (χ4n) is 1.61. The number of rotatable bonds is 6. The van der Waals surface area contributed by atoms with Crippen LogP contribution in [0.25, 0.3) is 0 Å². The number of hydrogen-bond acceptors (Lipinski definition) is 3. The third-order valence-electron chi connectivity index (χ3n) is 2.64. The van der Waals surface area contributed by atoms with Gasteiger partial charge in [0.15, 0.2) is 0 Å². The molecule has 1 amide bonds. The Morgan fingerprint density at radius 1 is 1.35 bits per heavy atom. The zero-order chi connectivity index (χ0) is 12.7. The lowest BCUT2D eigenvalue weighted by Crippen LogP contribution is -2.36. The van der Waals surface area contributed by atoms with Gasteiger partial charge in [-0.1, -0.05) is 19.1 Å². The molecule has 94 valence electrons. The van der Waals surface area contributed by atoms with Crippen molar-refractivity contribution in [1.29, 1.82) is 0 Å². The zero-order valence-electron chi connectivity index (χ0n) is 10.0. The highest BCUT2D eigenvalue weighted by molar-refractivity contribution is 5.78. The molecule has 0 saturated heterocycles. The maximum absolute atomic E-state index is 11.7. The highest BCUT2D eigenvalue weighted by Gasteiger charge is 2.10. The van der Waals surface area contributed by atoms with Gasteiger partial charge in [0.05, 0.1) is 6.42 Å². The minimum Gasteiger partial charge on any atom is -0.508 e. The molecular formula is C13H19NO3. The SMILES string of the molecule is CCC(CCO)NC(=O)Cc1ccc(O)cc1. The smallest absolute Gasteiger partial charge is 0.224 e. The molecule has 4 nitrogen and oxygen atoms in total. The molecule has 0 heterocycles. The Labute approximate surface area is 101 Å². The standard InChI is InChI=1S/C13H19NO3/c1-2-11(7-8-15)14-13(17)9-10-3-5-12(16)6-4-10/h3-6,11,15-16H,2,7-9H2,1H3,(H,14,17). The lowest BCUT2D eigenvalue weighted by atomic mass is 10.1. The van der Waals surface area contributed by atoms with Crippen molar-refractivity contribution in [2.24, 2.45) is 0 Å². The number of aliphatic hydroxyl groups excluding tert-OH is 1. The number of benzene rings is 1. The van der Waals surface area contributed by atoms with Crippen LogP contribution < -0.4 is 5.32 Å². The predicted molar refractivity (Wildman–Crippen MR) is 65.7 cm³/mol. The first-order valence-electron chi connectivity index (χ1n) is 5.83. The molecule has 0 fully saturated rings. The summed E-state index contributed by atoms with van der Waals surface area (Å²) in [5.74, 6) is 0.136. The van der Waals surface area contributed by atoms with Crippen molar-refractivity contribution in [2.75, 3.05) is 6.61 Å². The number of aliphatic hydroxyl groups is 1. The van der Waals surface area contributed by atoms with Gasteiger partial charge in [-0.25, -0.2) is 0 Å². The summed E-state index contributed by atoms with van der Waals surface area (Å²) in [6, 6.07) is 6.61. The largest absolute Gasteiger partial charge is 0.508 e. The molecule has 0 bridgehead atoms. The van der Waals surface area contributed by atoms with E-state index < -0.39 is 0 Å². The van der Waals surface area contributed by atoms with Gasteiger partial charge in [0.25, 0.3) is 0 Å². The molecule has 0 saturated carbocycles. The van der Waals surface area contributed by atoms with Gasteiger partial charge in [-0.3, -0.25) is 4.79 Å². The molecule has 0 spiro atoms. The summed E-state index contributed by atoms with van der Waals surface area (Å²) in [5, 5.41) is 20.8. The van der Waals surface area contributed by atoms with Crippen molar-refractivity contribution in [2.45, 2.75) is 32.2 Å². The minimum absolute atomic E-state index is 0.0321. The van der Waals surface area contributed by atoms with E-state index in [1.807, 2.05) is 6.92 Å². The second-order valence-corrected chi connectivity index (χ2v) is 4.03. The van der Waals surface area contributed by atoms with Crippen LogP contribution in [0.3, 0.4) is 0 Å². The lowest BCUT2D eigenvalue weighted by Gasteiger charge is -2.15. The molecule has 0 radical (unpaired) electrons. The van der Waals surface area contributed by atoms with E-state index >= 15 is 0 Å². The molecular weight excluding hydrogens is 218 g/mol. The lowest BCUT2D eigenvalue weighted by molar-refractivity contribution is -0.121. The fourth-order valence-corrected chi connectivity index (χ4v) is 1.61. The Balaban J connectivity index is 2.46. The van der Waals surface area contributed by atoms with Crippen molar-refractivity contribution in [3.05, 3.63) is 29.8 Å². The van der Waals surface area contributed by atoms with Crippen molar-refractivity contribution < 1.29 is 15.0 Å². The number of aromatic hydroxyl groups is 1. The number of carbonyl (C=O) groups is 1. The summed E-state index contributed by atoms with van der Waals surface area (Å²) in [6.45, 7) is 2.05. The van der Waals surface area contributed by atoms with E-state index in [4.69, 9.17) is 10.2 Å². The normalized spacial score (nSPS) is 12.1. The van der Waals surface area contributed by atoms with Crippen molar-refractivity contribution >= 4 is 5.91 Å². The van der Waals surface area contributed by atoms with Crippen LogP contribution in [0.15, 0.2) is 24.3 Å². The average Bonchev–Trinajstić information content (AvgIpc) is 2.31. The third kappa shape index (κ3) is 4.87. The molecule has 17 heavy (non-hydrogen) atoms. The van der Waals surface area contributed by atoms with Crippen LogP contribution in [0.1, 0.15) is 25.3 Å². The Bertz CT molecular complexity index is 348. The van der Waals surface area contributed by atoms with Gasteiger partial charge in [-0.2, -0.15) is 0 Å².